The number of amides is 1. The number of nitrogens with zero attached hydrogens (tertiary/aromatic N) is 1. The van der Waals surface area contributed by atoms with Gasteiger partial charge in [-0.15, -0.1) is 0 Å². The van der Waals surface area contributed by atoms with E-state index in [1.807, 2.05) is 30.3 Å². The van der Waals surface area contributed by atoms with Gasteiger partial charge in [0.15, 0.2) is 5.84 Å². The van der Waals surface area contributed by atoms with Gasteiger partial charge in [0.05, 0.1) is 0 Å². The molecule has 1 unspecified atom stereocenters. The van der Waals surface area contributed by atoms with E-state index in [4.69, 9.17) is 10.9 Å². The average molecular weight is 291 g/mol. The van der Waals surface area contributed by atoms with Crippen molar-refractivity contribution in [1.82, 2.24) is 5.32 Å². The van der Waals surface area contributed by atoms with Gasteiger partial charge in [-0.2, -0.15) is 0 Å². The lowest BCUT2D eigenvalue weighted by molar-refractivity contribution is -0.123. The van der Waals surface area contributed by atoms with E-state index < -0.39 is 5.92 Å². The van der Waals surface area contributed by atoms with Crippen molar-refractivity contribution in [2.45, 2.75) is 39.0 Å². The van der Waals surface area contributed by atoms with Crippen LogP contribution in [0.15, 0.2) is 35.5 Å². The number of amidine groups is 1. The first-order valence-corrected chi connectivity index (χ1v) is 7.48. The molecule has 5 nitrogen and oxygen atoms in total. The van der Waals surface area contributed by atoms with Crippen LogP contribution in [0.1, 0.15) is 38.2 Å². The summed E-state index contributed by atoms with van der Waals surface area (Å²) < 4.78 is 0. The zero-order valence-corrected chi connectivity index (χ0v) is 12.6. The molecule has 1 aromatic rings. The van der Waals surface area contributed by atoms with Gasteiger partial charge in [-0.05, 0) is 18.4 Å². The second-order valence-electron chi connectivity index (χ2n) is 5.12. The maximum atomic E-state index is 12.2. The van der Waals surface area contributed by atoms with Crippen LogP contribution in [0.2, 0.25) is 0 Å². The fourth-order valence-corrected chi connectivity index (χ4v) is 2.14. The molecule has 0 heterocycles. The number of rotatable bonds is 9. The molecule has 0 spiro atoms. The Morgan fingerprint density at radius 3 is 2.62 bits per heavy atom. The predicted molar refractivity (Wildman–Crippen MR) is 84.2 cm³/mol. The second kappa shape index (κ2) is 9.80. The van der Waals surface area contributed by atoms with Crippen LogP contribution >= 0.6 is 0 Å². The van der Waals surface area contributed by atoms with E-state index in [0.29, 0.717) is 13.0 Å². The van der Waals surface area contributed by atoms with Crippen LogP contribution in [0.3, 0.4) is 0 Å². The smallest absolute Gasteiger partial charge is 0.231 e. The number of hydrogen-bond donors (Lipinski definition) is 3. The van der Waals surface area contributed by atoms with Crippen molar-refractivity contribution in [2.24, 2.45) is 16.8 Å². The average Bonchev–Trinajstić information content (AvgIpc) is 2.52. The van der Waals surface area contributed by atoms with Gasteiger partial charge in [-0.3, -0.25) is 4.79 Å². The number of hydrogen-bond acceptors (Lipinski definition) is 3. The Labute approximate surface area is 126 Å². The zero-order chi connectivity index (χ0) is 15.5. The van der Waals surface area contributed by atoms with Gasteiger partial charge in [-0.25, -0.2) is 0 Å². The highest BCUT2D eigenvalue weighted by Crippen LogP contribution is 2.10. The third-order valence-corrected chi connectivity index (χ3v) is 3.40. The van der Waals surface area contributed by atoms with Crippen LogP contribution < -0.4 is 11.1 Å². The lowest BCUT2D eigenvalue weighted by Crippen LogP contribution is -2.40. The van der Waals surface area contributed by atoms with Gasteiger partial charge in [0.1, 0.15) is 5.92 Å². The van der Waals surface area contributed by atoms with Crippen molar-refractivity contribution < 1.29 is 10.0 Å². The summed E-state index contributed by atoms with van der Waals surface area (Å²) >= 11 is 0. The van der Waals surface area contributed by atoms with E-state index in [2.05, 4.69) is 17.4 Å². The van der Waals surface area contributed by atoms with Gasteiger partial charge in [0.25, 0.3) is 0 Å². The molecule has 0 aliphatic carbocycles. The van der Waals surface area contributed by atoms with Gasteiger partial charge in [0, 0.05) is 6.54 Å². The molecule has 0 saturated carbocycles. The molecule has 0 aromatic heterocycles. The van der Waals surface area contributed by atoms with Gasteiger partial charge >= 0.3 is 0 Å². The molecule has 0 fully saturated rings. The van der Waals surface area contributed by atoms with Crippen molar-refractivity contribution >= 4 is 11.7 Å². The highest BCUT2D eigenvalue weighted by atomic mass is 16.4. The fraction of sp³-hybridized carbons (Fsp3) is 0.500. The summed E-state index contributed by atoms with van der Waals surface area (Å²) in [5.41, 5.74) is 6.64. The van der Waals surface area contributed by atoms with Crippen LogP contribution in [0.5, 0.6) is 0 Å². The number of carbonyl (C=O) groups is 1. The number of oxime groups is 1. The van der Waals surface area contributed by atoms with E-state index in [9.17, 15) is 4.79 Å². The Hall–Kier alpha value is -2.04. The number of benzene rings is 1. The molecule has 1 aromatic carbocycles. The monoisotopic (exact) mass is 291 g/mol. The summed E-state index contributed by atoms with van der Waals surface area (Å²) in [5, 5.41) is 14.7. The molecule has 4 N–H and O–H groups in total. The van der Waals surface area contributed by atoms with E-state index in [0.717, 1.165) is 24.8 Å². The maximum Gasteiger partial charge on any atom is 0.231 e. The first-order chi connectivity index (χ1) is 10.2. The quantitative estimate of drug-likeness (QED) is 0.214. The Balaban J connectivity index is 2.55. The third kappa shape index (κ3) is 6.29. The number of unbranched alkanes of at least 4 members (excludes halogenated alkanes) is 3. The number of nitrogens with one attached hydrogen (secondary N) is 1. The van der Waals surface area contributed by atoms with Crippen molar-refractivity contribution in [3.63, 3.8) is 0 Å². The van der Waals surface area contributed by atoms with E-state index in [1.165, 1.54) is 6.42 Å². The maximum absolute atomic E-state index is 12.2. The van der Waals surface area contributed by atoms with Crippen LogP contribution in [-0.4, -0.2) is 23.5 Å². The lowest BCUT2D eigenvalue weighted by atomic mass is 9.97. The minimum Gasteiger partial charge on any atom is -0.409 e. The van der Waals surface area contributed by atoms with Gasteiger partial charge in [-0.1, -0.05) is 61.7 Å². The lowest BCUT2D eigenvalue weighted by Gasteiger charge is -2.15. The zero-order valence-electron chi connectivity index (χ0n) is 12.6. The summed E-state index contributed by atoms with van der Waals surface area (Å²) in [6.45, 7) is 2.77. The van der Waals surface area contributed by atoms with Crippen LogP contribution in [-0.2, 0) is 11.2 Å². The third-order valence-electron chi connectivity index (χ3n) is 3.40. The molecular formula is C16H25N3O2. The second-order valence-corrected chi connectivity index (χ2v) is 5.12. The number of carbonyl (C=O) groups excluding carboxylic acids is 1. The Bertz CT molecular complexity index is 446. The Kier molecular flexibility index (Phi) is 7.94. The first kappa shape index (κ1) is 17.0. The molecule has 0 radical (unpaired) electrons. The molecule has 1 atom stereocenters. The molecule has 116 valence electrons. The molecule has 1 rings (SSSR count). The van der Waals surface area contributed by atoms with Crippen LogP contribution in [0.25, 0.3) is 0 Å². The van der Waals surface area contributed by atoms with Crippen molar-refractivity contribution in [3.8, 4) is 0 Å². The molecule has 0 aliphatic heterocycles. The molecular weight excluding hydrogens is 266 g/mol. The molecule has 0 saturated heterocycles. The van der Waals surface area contributed by atoms with Crippen molar-refractivity contribution in [2.75, 3.05) is 6.54 Å². The molecule has 0 aliphatic rings. The Morgan fingerprint density at radius 1 is 1.29 bits per heavy atom. The predicted octanol–water partition coefficient (Wildman–Crippen LogP) is 2.29. The topological polar surface area (TPSA) is 87.7 Å². The molecule has 5 heteroatoms. The van der Waals surface area contributed by atoms with E-state index in [1.54, 1.807) is 0 Å². The fourth-order valence-electron chi connectivity index (χ4n) is 2.14. The number of nitrogens with two attached hydrogens (primary N) is 1. The summed E-state index contributed by atoms with van der Waals surface area (Å²) in [7, 11) is 0. The summed E-state index contributed by atoms with van der Waals surface area (Å²) in [4.78, 5) is 12.2. The minimum absolute atomic E-state index is 0.0510. The molecule has 21 heavy (non-hydrogen) atoms. The summed E-state index contributed by atoms with van der Waals surface area (Å²) in [6.07, 6.45) is 4.81. The normalized spacial score (nSPS) is 12.9. The van der Waals surface area contributed by atoms with E-state index in [-0.39, 0.29) is 11.7 Å². The molecule has 1 amide bonds. The molecule has 0 bridgehead atoms. The highest BCUT2D eigenvalue weighted by molar-refractivity contribution is 6.02. The van der Waals surface area contributed by atoms with Crippen molar-refractivity contribution in [3.05, 3.63) is 35.9 Å². The van der Waals surface area contributed by atoms with Gasteiger partial charge < -0.3 is 16.3 Å². The minimum atomic E-state index is -0.636. The largest absolute Gasteiger partial charge is 0.409 e. The summed E-state index contributed by atoms with van der Waals surface area (Å²) in [5.74, 6) is -0.876. The summed E-state index contributed by atoms with van der Waals surface area (Å²) in [6, 6.07) is 9.57. The highest BCUT2D eigenvalue weighted by Gasteiger charge is 2.23. The van der Waals surface area contributed by atoms with Crippen LogP contribution in [0, 0.1) is 5.92 Å². The first-order valence-electron chi connectivity index (χ1n) is 7.48. The van der Waals surface area contributed by atoms with Gasteiger partial charge in [0.2, 0.25) is 5.91 Å². The van der Waals surface area contributed by atoms with Crippen molar-refractivity contribution in [1.29, 1.82) is 0 Å². The Morgan fingerprint density at radius 2 is 2.00 bits per heavy atom. The van der Waals surface area contributed by atoms with E-state index >= 15 is 0 Å². The SMILES string of the molecule is CCCCCCNC(=O)C(Cc1ccccc1)C(N)=NO. The van der Waals surface area contributed by atoms with Crippen LogP contribution in [0.4, 0.5) is 0 Å². The standard InChI is InChI=1S/C16H25N3O2/c1-2-3-4-8-11-18-16(20)14(15(17)19-21)12-13-9-6-5-7-10-13/h5-7,9-10,14,21H,2-4,8,11-12H2,1H3,(H2,17,19)(H,18,20).